The number of esters is 3. The van der Waals surface area contributed by atoms with Crippen molar-refractivity contribution in [1.82, 2.24) is 0 Å². The van der Waals surface area contributed by atoms with E-state index in [9.17, 15) is 14.4 Å². The third-order valence-corrected chi connectivity index (χ3v) is 14.2. The zero-order valence-corrected chi connectivity index (χ0v) is 49.4. The molecule has 0 bridgehead atoms. The normalized spacial score (nSPS) is 12.4. The first-order valence-electron chi connectivity index (χ1n) is 32.3. The van der Waals surface area contributed by atoms with Crippen molar-refractivity contribution < 1.29 is 28.6 Å². The smallest absolute Gasteiger partial charge is 0.306 e. The Morgan fingerprint density at radius 3 is 0.757 bits per heavy atom. The Morgan fingerprint density at radius 2 is 0.486 bits per heavy atom. The van der Waals surface area contributed by atoms with Crippen LogP contribution in [-0.2, 0) is 28.6 Å². The molecular weight excluding hydrogens is 913 g/mol. The number of carbonyl (C=O) groups excluding carboxylic acids is 3. The van der Waals surface area contributed by atoms with E-state index in [1.807, 2.05) is 0 Å². The fraction of sp³-hybridized carbons (Fsp3) is 0.809. The van der Waals surface area contributed by atoms with E-state index >= 15 is 0 Å². The fourth-order valence-corrected chi connectivity index (χ4v) is 9.32. The Morgan fingerprint density at radius 1 is 0.270 bits per heavy atom. The van der Waals surface area contributed by atoms with Gasteiger partial charge in [0.25, 0.3) is 0 Å². The third-order valence-electron chi connectivity index (χ3n) is 14.2. The summed E-state index contributed by atoms with van der Waals surface area (Å²) in [5.41, 5.74) is 0. The minimum Gasteiger partial charge on any atom is -0.462 e. The molecule has 74 heavy (non-hydrogen) atoms. The number of ether oxygens (including phenoxy) is 3. The lowest BCUT2D eigenvalue weighted by Crippen LogP contribution is -2.30. The summed E-state index contributed by atoms with van der Waals surface area (Å²) in [5.74, 6) is -0.879. The van der Waals surface area contributed by atoms with Crippen LogP contribution < -0.4 is 0 Å². The monoisotopic (exact) mass is 1030 g/mol. The van der Waals surface area contributed by atoms with E-state index in [4.69, 9.17) is 14.2 Å². The highest BCUT2D eigenvalue weighted by Crippen LogP contribution is 2.16. The lowest BCUT2D eigenvalue weighted by molar-refractivity contribution is -0.167. The second-order valence-electron chi connectivity index (χ2n) is 21.7. The summed E-state index contributed by atoms with van der Waals surface area (Å²) in [7, 11) is 0. The quantitative estimate of drug-likeness (QED) is 0.0261. The van der Waals surface area contributed by atoms with E-state index in [1.165, 1.54) is 218 Å². The molecule has 0 spiro atoms. The van der Waals surface area contributed by atoms with Gasteiger partial charge in [0.05, 0.1) is 0 Å². The largest absolute Gasteiger partial charge is 0.462 e. The topological polar surface area (TPSA) is 78.9 Å². The molecule has 0 saturated heterocycles. The maximum atomic E-state index is 12.9. The molecule has 0 heterocycles. The molecule has 0 aliphatic heterocycles. The molecule has 0 aliphatic carbocycles. The minimum atomic E-state index is -0.782. The zero-order valence-electron chi connectivity index (χ0n) is 49.4. The number of allylic oxidation sites excluding steroid dienone is 10. The van der Waals surface area contributed by atoms with Crippen molar-refractivity contribution in [3.8, 4) is 0 Å². The first kappa shape index (κ1) is 71.1. The predicted octanol–water partition coefficient (Wildman–Crippen LogP) is 21.9. The molecule has 430 valence electrons. The van der Waals surface area contributed by atoms with Crippen LogP contribution in [0, 0.1) is 0 Å². The van der Waals surface area contributed by atoms with Crippen LogP contribution in [0.3, 0.4) is 0 Å². The Hall–Kier alpha value is -2.89. The molecule has 0 aromatic heterocycles. The molecule has 0 amide bonds. The molecule has 1 unspecified atom stereocenters. The van der Waals surface area contributed by atoms with Crippen molar-refractivity contribution >= 4 is 17.9 Å². The Bertz CT molecular complexity index is 1330. The van der Waals surface area contributed by atoms with Crippen LogP contribution in [0.1, 0.15) is 335 Å². The Balaban J connectivity index is 4.35. The van der Waals surface area contributed by atoms with Gasteiger partial charge < -0.3 is 14.2 Å². The molecule has 6 heteroatoms. The summed E-state index contributed by atoms with van der Waals surface area (Å²) in [6.45, 7) is 6.64. The van der Waals surface area contributed by atoms with Gasteiger partial charge in [-0.1, -0.05) is 268 Å². The highest BCUT2D eigenvalue weighted by molar-refractivity contribution is 5.71. The summed E-state index contributed by atoms with van der Waals surface area (Å²) >= 11 is 0. The van der Waals surface area contributed by atoms with E-state index in [1.54, 1.807) is 0 Å². The maximum absolute atomic E-state index is 12.9. The fourth-order valence-electron chi connectivity index (χ4n) is 9.32. The first-order valence-corrected chi connectivity index (χ1v) is 32.3. The molecule has 0 fully saturated rings. The SMILES string of the molecule is CCCCCCC/C=C\C/C=C\CCCCCCCCCCCC(=O)OCC(COC(=O)CCCCCCC/C=C\CCCCCCC)OC(=O)CCCCCCCCCCC/C=C\C/C=C\CCCCCCC. The molecular formula is C68H122O6. The predicted molar refractivity (Wildman–Crippen MR) is 321 cm³/mol. The molecule has 0 radical (unpaired) electrons. The van der Waals surface area contributed by atoms with Crippen molar-refractivity contribution in [2.45, 2.75) is 341 Å². The van der Waals surface area contributed by atoms with Crippen LogP contribution in [0.25, 0.3) is 0 Å². The van der Waals surface area contributed by atoms with Crippen LogP contribution in [-0.4, -0.2) is 37.2 Å². The van der Waals surface area contributed by atoms with Crippen LogP contribution in [0.4, 0.5) is 0 Å². The van der Waals surface area contributed by atoms with Gasteiger partial charge in [0.1, 0.15) is 13.2 Å². The minimum absolute atomic E-state index is 0.0792. The summed E-state index contributed by atoms with van der Waals surface area (Å²) in [6.07, 6.45) is 79.3. The van der Waals surface area contributed by atoms with Crippen molar-refractivity contribution in [3.05, 3.63) is 60.8 Å². The standard InChI is InChI=1S/C68H122O6/c1-4-7-10-13-16-19-22-25-28-30-32-34-36-38-40-43-46-49-52-55-58-61-67(70)73-64-65(63-72-66(69)60-57-54-51-48-45-42-27-24-21-18-15-12-9-6-3)74-68(71)62-59-56-53-50-47-44-41-39-37-35-33-31-29-26-23-20-17-14-11-8-5-2/h22-27,30-33,65H,4-21,28-29,34-64H2,1-3H3/b25-22-,26-23-,27-24-,32-30-,33-31-. The number of unbranched alkanes of at least 4 members (excludes halogenated alkanes) is 38. The summed E-state index contributed by atoms with van der Waals surface area (Å²) in [6, 6.07) is 0. The van der Waals surface area contributed by atoms with Gasteiger partial charge in [0, 0.05) is 19.3 Å². The molecule has 1 atom stereocenters. The highest BCUT2D eigenvalue weighted by Gasteiger charge is 2.19. The number of hydrogen-bond donors (Lipinski definition) is 0. The van der Waals surface area contributed by atoms with E-state index in [2.05, 4.69) is 81.5 Å². The van der Waals surface area contributed by atoms with Crippen molar-refractivity contribution in [3.63, 3.8) is 0 Å². The van der Waals surface area contributed by atoms with Crippen molar-refractivity contribution in [2.75, 3.05) is 13.2 Å². The van der Waals surface area contributed by atoms with E-state index in [0.717, 1.165) is 77.0 Å². The van der Waals surface area contributed by atoms with Gasteiger partial charge in [-0.15, -0.1) is 0 Å². The van der Waals surface area contributed by atoms with Crippen molar-refractivity contribution in [2.24, 2.45) is 0 Å². The van der Waals surface area contributed by atoms with Crippen LogP contribution >= 0.6 is 0 Å². The zero-order chi connectivity index (χ0) is 53.6. The van der Waals surface area contributed by atoms with E-state index in [0.29, 0.717) is 19.3 Å². The number of carbonyl (C=O) groups is 3. The summed E-state index contributed by atoms with van der Waals surface area (Å²) < 4.78 is 16.9. The Kier molecular flexibility index (Phi) is 60.2. The molecule has 0 aromatic carbocycles. The summed E-state index contributed by atoms with van der Waals surface area (Å²) in [4.78, 5) is 38.3. The molecule has 0 N–H and O–H groups in total. The number of hydrogen-bond acceptors (Lipinski definition) is 6. The lowest BCUT2D eigenvalue weighted by Gasteiger charge is -2.18. The van der Waals surface area contributed by atoms with Crippen LogP contribution in [0.15, 0.2) is 60.8 Å². The molecule has 0 aliphatic rings. The molecule has 0 aromatic rings. The maximum Gasteiger partial charge on any atom is 0.306 e. The second kappa shape index (κ2) is 62.6. The average molecular weight is 1040 g/mol. The van der Waals surface area contributed by atoms with Gasteiger partial charge in [0.15, 0.2) is 6.10 Å². The molecule has 6 nitrogen and oxygen atoms in total. The van der Waals surface area contributed by atoms with Gasteiger partial charge >= 0.3 is 17.9 Å². The third kappa shape index (κ3) is 60.0. The van der Waals surface area contributed by atoms with Gasteiger partial charge in [-0.2, -0.15) is 0 Å². The first-order chi connectivity index (χ1) is 36.5. The lowest BCUT2D eigenvalue weighted by atomic mass is 10.1. The summed E-state index contributed by atoms with van der Waals surface area (Å²) in [5, 5.41) is 0. The van der Waals surface area contributed by atoms with Crippen molar-refractivity contribution in [1.29, 1.82) is 0 Å². The van der Waals surface area contributed by atoms with Crippen LogP contribution in [0.5, 0.6) is 0 Å². The highest BCUT2D eigenvalue weighted by atomic mass is 16.6. The van der Waals surface area contributed by atoms with Gasteiger partial charge in [-0.25, -0.2) is 0 Å². The molecule has 0 saturated carbocycles. The van der Waals surface area contributed by atoms with Gasteiger partial charge in [-0.3, -0.25) is 14.4 Å². The molecule has 0 rings (SSSR count). The Labute approximate surface area is 460 Å². The average Bonchev–Trinajstić information content (AvgIpc) is 3.40. The van der Waals surface area contributed by atoms with Crippen LogP contribution in [0.2, 0.25) is 0 Å². The second-order valence-corrected chi connectivity index (χ2v) is 21.7. The van der Waals surface area contributed by atoms with Gasteiger partial charge in [0.2, 0.25) is 0 Å². The van der Waals surface area contributed by atoms with E-state index < -0.39 is 6.10 Å². The van der Waals surface area contributed by atoms with Gasteiger partial charge in [-0.05, 0) is 109 Å². The van der Waals surface area contributed by atoms with E-state index in [-0.39, 0.29) is 31.1 Å². The number of rotatable bonds is 59.